The van der Waals surface area contributed by atoms with E-state index in [4.69, 9.17) is 14.7 Å². The van der Waals surface area contributed by atoms with Gasteiger partial charge in [-0.1, -0.05) is 42.8 Å². The van der Waals surface area contributed by atoms with Gasteiger partial charge in [-0.25, -0.2) is 14.8 Å². The largest absolute Gasteiger partial charge is 0.465 e. The third kappa shape index (κ3) is 5.10. The molecule has 1 aliphatic heterocycles. The number of nitrogens with one attached hydrogen (secondary N) is 1. The number of aromatic nitrogens is 3. The van der Waals surface area contributed by atoms with Crippen molar-refractivity contribution in [1.29, 1.82) is 0 Å². The van der Waals surface area contributed by atoms with Gasteiger partial charge in [0.25, 0.3) is 0 Å². The number of carbonyl (C=O) groups excluding carboxylic acids is 1. The van der Waals surface area contributed by atoms with E-state index in [0.717, 1.165) is 51.5 Å². The Bertz CT molecular complexity index is 1280. The van der Waals surface area contributed by atoms with E-state index in [1.54, 1.807) is 0 Å². The highest BCUT2D eigenvalue weighted by Gasteiger charge is 2.17. The fourth-order valence-corrected chi connectivity index (χ4v) is 5.65. The van der Waals surface area contributed by atoms with Gasteiger partial charge < -0.3 is 14.6 Å². The van der Waals surface area contributed by atoms with Crippen LogP contribution < -0.4 is 0 Å². The lowest BCUT2D eigenvalue weighted by molar-refractivity contribution is 0.0601. The summed E-state index contributed by atoms with van der Waals surface area (Å²) < 4.78 is 4.90. The number of fused-ring (bicyclic) bond motifs is 3. The van der Waals surface area contributed by atoms with Crippen LogP contribution in [-0.4, -0.2) is 58.3 Å². The first-order valence-corrected chi connectivity index (χ1v) is 13.0. The number of piperidine rings is 1. The highest BCUT2D eigenvalue weighted by Crippen LogP contribution is 2.33. The molecule has 0 saturated carbocycles. The quantitative estimate of drug-likeness (QED) is 0.158. The molecule has 0 amide bonds. The number of hydrogen-bond acceptors (Lipinski definition) is 6. The fraction of sp³-hybridized carbons (Fsp3) is 0.370. The second kappa shape index (κ2) is 10.6. The lowest BCUT2D eigenvalue weighted by Gasteiger charge is -2.26. The lowest BCUT2D eigenvalue weighted by Crippen LogP contribution is -2.30. The second-order valence-electron chi connectivity index (χ2n) is 8.81. The lowest BCUT2D eigenvalue weighted by atomic mass is 10.1. The Morgan fingerprint density at radius 3 is 2.71 bits per heavy atom. The topological polar surface area (TPSA) is 71.1 Å². The molecular formula is C27H30N4O2S. The first-order chi connectivity index (χ1) is 16.7. The molecule has 1 N–H and O–H groups in total. The summed E-state index contributed by atoms with van der Waals surface area (Å²) in [5.74, 6) is 1.47. The molecule has 1 saturated heterocycles. The minimum absolute atomic E-state index is 0.344. The third-order valence-corrected chi connectivity index (χ3v) is 7.46. The van der Waals surface area contributed by atoms with Crippen LogP contribution in [0.1, 0.15) is 47.4 Å². The summed E-state index contributed by atoms with van der Waals surface area (Å²) >= 11 is 1.81. The maximum atomic E-state index is 12.0. The van der Waals surface area contributed by atoms with Crippen molar-refractivity contribution in [2.75, 3.05) is 32.5 Å². The average Bonchev–Trinajstić information content (AvgIpc) is 3.25. The predicted molar refractivity (Wildman–Crippen MR) is 138 cm³/mol. The van der Waals surface area contributed by atoms with Gasteiger partial charge in [-0.05, 0) is 56.6 Å². The third-order valence-electron chi connectivity index (χ3n) is 6.40. The number of hydrogen-bond donors (Lipinski definition) is 1. The number of esters is 1. The molecule has 5 rings (SSSR count). The highest BCUT2D eigenvalue weighted by molar-refractivity contribution is 7.99. The molecular weight excluding hydrogens is 444 g/mol. The summed E-state index contributed by atoms with van der Waals surface area (Å²) in [5, 5.41) is 3.07. The maximum Gasteiger partial charge on any atom is 0.337 e. The number of benzene rings is 2. The molecule has 2 aromatic heterocycles. The number of methoxy groups -OCH3 is 1. The molecule has 4 aromatic rings. The van der Waals surface area contributed by atoms with Crippen LogP contribution in [0.15, 0.2) is 53.6 Å². The monoisotopic (exact) mass is 474 g/mol. The van der Waals surface area contributed by atoms with Crippen LogP contribution in [0.4, 0.5) is 0 Å². The Morgan fingerprint density at radius 1 is 1.09 bits per heavy atom. The maximum absolute atomic E-state index is 12.0. The van der Waals surface area contributed by atoms with E-state index in [-0.39, 0.29) is 5.97 Å². The van der Waals surface area contributed by atoms with Crippen molar-refractivity contribution in [2.24, 2.45) is 0 Å². The number of rotatable bonds is 8. The van der Waals surface area contributed by atoms with Crippen molar-refractivity contribution in [2.45, 2.75) is 37.1 Å². The van der Waals surface area contributed by atoms with Gasteiger partial charge in [0.1, 0.15) is 16.5 Å². The SMILES string of the molecule is COC(=O)c1ccc2c(c1)[nH]c1nc(Cc3ccccc3)nc(SCCCN3CCCCC3)c12. The molecule has 2 aromatic carbocycles. The second-order valence-corrected chi connectivity index (χ2v) is 9.90. The van der Waals surface area contributed by atoms with Gasteiger partial charge in [0.15, 0.2) is 0 Å². The van der Waals surface area contributed by atoms with Crippen molar-refractivity contribution in [3.63, 3.8) is 0 Å². The molecule has 0 atom stereocenters. The van der Waals surface area contributed by atoms with Gasteiger partial charge in [-0.2, -0.15) is 0 Å². The van der Waals surface area contributed by atoms with E-state index < -0.39 is 0 Å². The van der Waals surface area contributed by atoms with Crippen molar-refractivity contribution in [1.82, 2.24) is 19.9 Å². The number of nitrogens with zero attached hydrogens (tertiary/aromatic N) is 3. The summed E-state index contributed by atoms with van der Waals surface area (Å²) in [5.41, 5.74) is 3.40. The summed E-state index contributed by atoms with van der Waals surface area (Å²) in [6.45, 7) is 3.61. The Hall–Kier alpha value is -2.90. The van der Waals surface area contributed by atoms with E-state index in [9.17, 15) is 4.79 Å². The minimum atomic E-state index is -0.344. The molecule has 6 nitrogen and oxygen atoms in total. The highest BCUT2D eigenvalue weighted by atomic mass is 32.2. The van der Waals surface area contributed by atoms with E-state index in [2.05, 4.69) is 22.0 Å². The number of carbonyl (C=O) groups is 1. The van der Waals surface area contributed by atoms with Crippen LogP contribution in [0.2, 0.25) is 0 Å². The van der Waals surface area contributed by atoms with Crippen LogP contribution in [0.3, 0.4) is 0 Å². The van der Waals surface area contributed by atoms with Gasteiger partial charge >= 0.3 is 5.97 Å². The van der Waals surface area contributed by atoms with Crippen molar-refractivity contribution in [3.8, 4) is 0 Å². The van der Waals surface area contributed by atoms with Gasteiger partial charge in [-0.3, -0.25) is 0 Å². The van der Waals surface area contributed by atoms with E-state index >= 15 is 0 Å². The van der Waals surface area contributed by atoms with Gasteiger partial charge in [-0.15, -0.1) is 11.8 Å². The van der Waals surface area contributed by atoms with Crippen LogP contribution in [0.25, 0.3) is 21.9 Å². The van der Waals surface area contributed by atoms with E-state index in [1.165, 1.54) is 45.0 Å². The molecule has 0 spiro atoms. The van der Waals surface area contributed by atoms with Gasteiger partial charge in [0.05, 0.1) is 18.1 Å². The molecule has 0 unspecified atom stereocenters. The van der Waals surface area contributed by atoms with E-state index in [1.807, 2.05) is 48.2 Å². The molecule has 3 heterocycles. The predicted octanol–water partition coefficient (Wildman–Crippen LogP) is 5.46. The van der Waals surface area contributed by atoms with Crippen LogP contribution in [0, 0.1) is 0 Å². The van der Waals surface area contributed by atoms with E-state index in [0.29, 0.717) is 12.0 Å². The molecule has 34 heavy (non-hydrogen) atoms. The summed E-state index contributed by atoms with van der Waals surface area (Å²) in [6.07, 6.45) is 5.84. The Balaban J connectivity index is 1.45. The molecule has 176 valence electrons. The van der Waals surface area contributed by atoms with Gasteiger partial charge in [0.2, 0.25) is 0 Å². The van der Waals surface area contributed by atoms with Crippen molar-refractivity contribution >= 4 is 39.7 Å². The first kappa shape index (κ1) is 22.9. The van der Waals surface area contributed by atoms with Crippen LogP contribution in [0.5, 0.6) is 0 Å². The zero-order chi connectivity index (χ0) is 23.3. The summed E-state index contributed by atoms with van der Waals surface area (Å²) in [6, 6.07) is 15.9. The number of likely N-dealkylation sites (tertiary alicyclic amines) is 1. The normalized spacial score (nSPS) is 14.6. The molecule has 0 radical (unpaired) electrons. The summed E-state index contributed by atoms with van der Waals surface area (Å²) in [7, 11) is 1.40. The Kier molecular flexibility index (Phi) is 7.11. The Morgan fingerprint density at radius 2 is 1.91 bits per heavy atom. The summed E-state index contributed by atoms with van der Waals surface area (Å²) in [4.78, 5) is 27.9. The molecule has 0 aliphatic carbocycles. The van der Waals surface area contributed by atoms with Crippen molar-refractivity contribution in [3.05, 3.63) is 65.5 Å². The zero-order valence-corrected chi connectivity index (χ0v) is 20.4. The fourth-order valence-electron chi connectivity index (χ4n) is 4.66. The van der Waals surface area contributed by atoms with Crippen LogP contribution in [-0.2, 0) is 11.2 Å². The molecule has 7 heteroatoms. The minimum Gasteiger partial charge on any atom is -0.465 e. The first-order valence-electron chi connectivity index (χ1n) is 12.0. The smallest absolute Gasteiger partial charge is 0.337 e. The number of thioether (sulfide) groups is 1. The Labute approximate surface area is 204 Å². The molecule has 0 bridgehead atoms. The van der Waals surface area contributed by atoms with Crippen molar-refractivity contribution < 1.29 is 9.53 Å². The average molecular weight is 475 g/mol. The number of aromatic amines is 1. The number of ether oxygens (including phenoxy) is 1. The molecule has 1 aliphatic rings. The standard InChI is InChI=1S/C27H30N4O2S/c1-33-27(32)20-11-12-21-22(18-20)28-25-24(21)26(34-16-8-15-31-13-6-3-7-14-31)30-23(29-25)17-19-9-4-2-5-10-19/h2,4-5,9-12,18H,3,6-8,13-17H2,1H3,(H,28,29,30). The zero-order valence-electron chi connectivity index (χ0n) is 19.5. The molecule has 1 fully saturated rings. The number of H-pyrrole nitrogens is 1. The van der Waals surface area contributed by atoms with Crippen LogP contribution >= 0.6 is 11.8 Å². The van der Waals surface area contributed by atoms with Gasteiger partial charge in [0, 0.05) is 23.1 Å².